The third-order valence-corrected chi connectivity index (χ3v) is 3.25. The molecule has 0 aliphatic heterocycles. The fraction of sp³-hybridized carbons (Fsp3) is 0.222. The molecule has 0 saturated heterocycles. The zero-order valence-electron chi connectivity index (χ0n) is 13.7. The van der Waals surface area contributed by atoms with E-state index in [0.29, 0.717) is 28.8 Å². The van der Waals surface area contributed by atoms with Gasteiger partial charge in [0.05, 0.1) is 12.3 Å². The average molecular weight is 364 g/mol. The molecule has 0 fully saturated rings. The van der Waals surface area contributed by atoms with E-state index < -0.39 is 18.5 Å². The van der Waals surface area contributed by atoms with Gasteiger partial charge in [-0.15, -0.1) is 0 Å². The molecule has 0 atom stereocenters. The topological polar surface area (TPSA) is 73.9 Å². The first-order valence-electron chi connectivity index (χ1n) is 7.64. The second-order valence-electron chi connectivity index (χ2n) is 4.88. The SMILES string of the molecule is CCOc1ccccc1NC(=O)COC(=O)COc1ccc(Cl)cc1. The number of hydrogen-bond acceptors (Lipinski definition) is 5. The highest BCUT2D eigenvalue weighted by Gasteiger charge is 2.11. The van der Waals surface area contributed by atoms with Crippen LogP contribution in [0.5, 0.6) is 11.5 Å². The third kappa shape index (κ3) is 6.35. The van der Waals surface area contributed by atoms with E-state index in [9.17, 15) is 9.59 Å². The predicted octanol–water partition coefficient (Wildman–Crippen LogP) is 3.30. The summed E-state index contributed by atoms with van der Waals surface area (Å²) in [5.41, 5.74) is 0.516. The molecule has 1 N–H and O–H groups in total. The Morgan fingerprint density at radius 2 is 1.72 bits per heavy atom. The van der Waals surface area contributed by atoms with Crippen LogP contribution in [-0.2, 0) is 14.3 Å². The summed E-state index contributed by atoms with van der Waals surface area (Å²) in [6.07, 6.45) is 0. The highest BCUT2D eigenvalue weighted by Crippen LogP contribution is 2.23. The average Bonchev–Trinajstić information content (AvgIpc) is 2.61. The maximum atomic E-state index is 11.9. The van der Waals surface area contributed by atoms with Crippen LogP contribution >= 0.6 is 11.6 Å². The molecule has 0 unspecified atom stereocenters. The molecular formula is C18H18ClNO5. The Balaban J connectivity index is 1.76. The fourth-order valence-corrected chi connectivity index (χ4v) is 2.02. The van der Waals surface area contributed by atoms with Gasteiger partial charge >= 0.3 is 5.97 Å². The molecule has 132 valence electrons. The molecule has 0 aliphatic carbocycles. The molecule has 0 spiro atoms. The van der Waals surface area contributed by atoms with Crippen LogP contribution in [0, 0.1) is 0 Å². The predicted molar refractivity (Wildman–Crippen MR) is 94.1 cm³/mol. The van der Waals surface area contributed by atoms with Gasteiger partial charge in [0.1, 0.15) is 11.5 Å². The standard InChI is InChI=1S/C18H18ClNO5/c1-2-23-16-6-4-3-5-15(16)20-17(21)11-25-18(22)12-24-14-9-7-13(19)8-10-14/h3-10H,2,11-12H2,1H3,(H,20,21). The van der Waals surface area contributed by atoms with Crippen LogP contribution in [0.2, 0.25) is 5.02 Å². The lowest BCUT2D eigenvalue weighted by molar-refractivity contribution is -0.149. The van der Waals surface area contributed by atoms with Gasteiger partial charge in [-0.2, -0.15) is 0 Å². The summed E-state index contributed by atoms with van der Waals surface area (Å²) in [6.45, 7) is 1.61. The van der Waals surface area contributed by atoms with Crippen LogP contribution < -0.4 is 14.8 Å². The monoisotopic (exact) mass is 363 g/mol. The van der Waals surface area contributed by atoms with E-state index in [1.807, 2.05) is 6.92 Å². The van der Waals surface area contributed by atoms with Crippen LogP contribution in [0.3, 0.4) is 0 Å². The molecule has 0 bridgehead atoms. The first-order chi connectivity index (χ1) is 12.1. The van der Waals surface area contributed by atoms with Crippen molar-refractivity contribution in [2.75, 3.05) is 25.1 Å². The first kappa shape index (κ1) is 18.6. The highest BCUT2D eigenvalue weighted by atomic mass is 35.5. The minimum absolute atomic E-state index is 0.301. The zero-order chi connectivity index (χ0) is 18.1. The molecular weight excluding hydrogens is 346 g/mol. The summed E-state index contributed by atoms with van der Waals surface area (Å²) in [4.78, 5) is 23.5. The first-order valence-corrected chi connectivity index (χ1v) is 8.02. The van der Waals surface area contributed by atoms with E-state index in [-0.39, 0.29) is 6.61 Å². The van der Waals surface area contributed by atoms with Crippen LogP contribution in [0.4, 0.5) is 5.69 Å². The van der Waals surface area contributed by atoms with E-state index in [1.165, 1.54) is 0 Å². The largest absolute Gasteiger partial charge is 0.492 e. The molecule has 0 aliphatic rings. The van der Waals surface area contributed by atoms with Crippen molar-refractivity contribution in [1.82, 2.24) is 0 Å². The van der Waals surface area contributed by atoms with Crippen LogP contribution in [0.25, 0.3) is 0 Å². The number of para-hydroxylation sites is 2. The van der Waals surface area contributed by atoms with Crippen molar-refractivity contribution in [1.29, 1.82) is 0 Å². The molecule has 1 amide bonds. The van der Waals surface area contributed by atoms with Crippen molar-refractivity contribution in [3.63, 3.8) is 0 Å². The van der Waals surface area contributed by atoms with Gasteiger partial charge < -0.3 is 19.5 Å². The van der Waals surface area contributed by atoms with Gasteiger partial charge in [0.2, 0.25) is 0 Å². The summed E-state index contributed by atoms with van der Waals surface area (Å²) >= 11 is 5.76. The lowest BCUT2D eigenvalue weighted by Gasteiger charge is -2.11. The van der Waals surface area contributed by atoms with Crippen molar-refractivity contribution in [3.05, 3.63) is 53.6 Å². The van der Waals surface area contributed by atoms with Crippen molar-refractivity contribution < 1.29 is 23.8 Å². The van der Waals surface area contributed by atoms with E-state index in [4.69, 9.17) is 25.8 Å². The van der Waals surface area contributed by atoms with E-state index in [0.717, 1.165) is 0 Å². The Bertz CT molecular complexity index is 718. The summed E-state index contributed by atoms with van der Waals surface area (Å²) in [7, 11) is 0. The van der Waals surface area contributed by atoms with Gasteiger partial charge in [0, 0.05) is 5.02 Å². The molecule has 7 heteroatoms. The van der Waals surface area contributed by atoms with E-state index >= 15 is 0 Å². The summed E-state index contributed by atoms with van der Waals surface area (Å²) in [6, 6.07) is 13.6. The Morgan fingerprint density at radius 3 is 2.44 bits per heavy atom. The highest BCUT2D eigenvalue weighted by molar-refractivity contribution is 6.30. The third-order valence-electron chi connectivity index (χ3n) is 3.00. The Kier molecular flexibility index (Phi) is 7.10. The number of amides is 1. The summed E-state index contributed by atoms with van der Waals surface area (Å²) < 4.78 is 15.5. The maximum absolute atomic E-state index is 11.9. The molecule has 0 saturated carbocycles. The van der Waals surface area contributed by atoms with Crippen molar-refractivity contribution in [2.24, 2.45) is 0 Å². The lowest BCUT2D eigenvalue weighted by atomic mass is 10.3. The van der Waals surface area contributed by atoms with Gasteiger partial charge in [-0.1, -0.05) is 23.7 Å². The second-order valence-corrected chi connectivity index (χ2v) is 5.32. The normalized spacial score (nSPS) is 10.0. The number of halogens is 1. The van der Waals surface area contributed by atoms with Crippen molar-refractivity contribution in [3.8, 4) is 11.5 Å². The Labute approximate surface area is 150 Å². The summed E-state index contributed by atoms with van der Waals surface area (Å²) in [5, 5.41) is 3.20. The number of carbonyl (C=O) groups excluding carboxylic acids is 2. The number of rotatable bonds is 8. The lowest BCUT2D eigenvalue weighted by Crippen LogP contribution is -2.23. The molecule has 0 radical (unpaired) electrons. The van der Waals surface area contributed by atoms with Gasteiger partial charge in [0.15, 0.2) is 13.2 Å². The number of ether oxygens (including phenoxy) is 3. The second kappa shape index (κ2) is 9.54. The van der Waals surface area contributed by atoms with E-state index in [2.05, 4.69) is 5.32 Å². The molecule has 0 aromatic heterocycles. The summed E-state index contributed by atoms with van der Waals surface area (Å²) in [5.74, 6) is -0.0811. The van der Waals surface area contributed by atoms with Gasteiger partial charge in [-0.25, -0.2) is 4.79 Å². The smallest absolute Gasteiger partial charge is 0.344 e. The molecule has 2 aromatic rings. The van der Waals surface area contributed by atoms with Gasteiger partial charge in [0.25, 0.3) is 5.91 Å². The number of benzene rings is 2. The minimum Gasteiger partial charge on any atom is -0.492 e. The van der Waals surface area contributed by atoms with Crippen molar-refractivity contribution >= 4 is 29.2 Å². The molecule has 25 heavy (non-hydrogen) atoms. The van der Waals surface area contributed by atoms with Crippen LogP contribution in [0.15, 0.2) is 48.5 Å². The fourth-order valence-electron chi connectivity index (χ4n) is 1.90. The Hall–Kier alpha value is -2.73. The molecule has 6 nitrogen and oxygen atoms in total. The van der Waals surface area contributed by atoms with Gasteiger partial charge in [-0.3, -0.25) is 4.79 Å². The van der Waals surface area contributed by atoms with Gasteiger partial charge in [-0.05, 0) is 43.3 Å². The minimum atomic E-state index is -0.650. The molecule has 2 rings (SSSR count). The quantitative estimate of drug-likeness (QED) is 0.728. The number of anilines is 1. The van der Waals surface area contributed by atoms with Crippen LogP contribution in [-0.4, -0.2) is 31.7 Å². The number of hydrogen-bond donors (Lipinski definition) is 1. The van der Waals surface area contributed by atoms with Crippen LogP contribution in [0.1, 0.15) is 6.92 Å². The molecule has 0 heterocycles. The number of esters is 1. The van der Waals surface area contributed by atoms with Crippen molar-refractivity contribution in [2.45, 2.75) is 6.92 Å². The number of carbonyl (C=O) groups is 2. The van der Waals surface area contributed by atoms with E-state index in [1.54, 1.807) is 48.5 Å². The maximum Gasteiger partial charge on any atom is 0.344 e. The molecule has 2 aromatic carbocycles. The zero-order valence-corrected chi connectivity index (χ0v) is 14.4. The Morgan fingerprint density at radius 1 is 1.00 bits per heavy atom. The number of nitrogens with one attached hydrogen (secondary N) is 1.